The van der Waals surface area contributed by atoms with Gasteiger partial charge in [-0.2, -0.15) is 0 Å². The molecule has 0 aliphatic carbocycles. The van der Waals surface area contributed by atoms with Crippen LogP contribution < -0.4 is 5.32 Å². The summed E-state index contributed by atoms with van der Waals surface area (Å²) in [5.74, 6) is -0.129. The van der Waals surface area contributed by atoms with E-state index in [0.717, 1.165) is 18.0 Å². The molecule has 0 aliphatic heterocycles. The number of aromatic hydroxyl groups is 1. The molecule has 2 aromatic carbocycles. The van der Waals surface area contributed by atoms with E-state index in [0.29, 0.717) is 0 Å². The van der Waals surface area contributed by atoms with Crippen LogP contribution >= 0.6 is 0 Å². The highest BCUT2D eigenvalue weighted by molar-refractivity contribution is 5.82. The Morgan fingerprint density at radius 1 is 1.04 bits per heavy atom. The van der Waals surface area contributed by atoms with E-state index in [1.54, 1.807) is 19.2 Å². The Hall–Kier alpha value is -3.49. The normalized spacial score (nSPS) is 9.26. The lowest BCUT2D eigenvalue weighted by molar-refractivity contribution is -0.385. The molecule has 0 atom stereocenters. The monoisotopic (exact) mass is 318 g/mol. The van der Waals surface area contributed by atoms with Crippen LogP contribution in [0.2, 0.25) is 0 Å². The molecule has 9 nitrogen and oxygen atoms in total. The van der Waals surface area contributed by atoms with Crippen molar-refractivity contribution in [2.24, 2.45) is 0 Å². The van der Waals surface area contributed by atoms with Gasteiger partial charge in [-0.25, -0.2) is 0 Å². The molecule has 0 heterocycles. The molecule has 0 saturated heterocycles. The summed E-state index contributed by atoms with van der Waals surface area (Å²) in [7, 11) is 1.77. The Kier molecular flexibility index (Phi) is 6.17. The van der Waals surface area contributed by atoms with E-state index in [1.807, 2.05) is 0 Å². The molecular weight excluding hydrogens is 304 g/mol. The largest absolute Gasteiger partial charge is 0.507 e. The van der Waals surface area contributed by atoms with Gasteiger partial charge >= 0.3 is 0 Å². The maximum absolute atomic E-state index is 10.2. The minimum atomic E-state index is -0.577. The highest BCUT2D eigenvalue weighted by Crippen LogP contribution is 2.20. The second-order valence-corrected chi connectivity index (χ2v) is 4.20. The van der Waals surface area contributed by atoms with Gasteiger partial charge in [-0.3, -0.25) is 20.2 Å². The summed E-state index contributed by atoms with van der Waals surface area (Å²) in [5, 5.41) is 39.1. The Balaban J connectivity index is 0.000000231. The zero-order chi connectivity index (χ0) is 17.4. The molecule has 0 aliphatic rings. The number of nitrogens with zero attached hydrogens (tertiary/aromatic N) is 2. The van der Waals surface area contributed by atoms with Gasteiger partial charge in [-0.15, -0.1) is 0 Å². The minimum absolute atomic E-state index is 0.115. The SMILES string of the molecule is CNc1ccc([N+](=O)[O-])cc1.N=Cc1cc([N+](=O)[O-])ccc1O. The van der Waals surface area contributed by atoms with Gasteiger partial charge in [0.15, 0.2) is 0 Å². The van der Waals surface area contributed by atoms with Gasteiger partial charge in [-0.05, 0) is 18.2 Å². The molecule has 2 aromatic rings. The first-order valence-corrected chi connectivity index (χ1v) is 6.29. The van der Waals surface area contributed by atoms with Crippen LogP contribution in [0.5, 0.6) is 5.75 Å². The zero-order valence-electron chi connectivity index (χ0n) is 12.1. The number of phenolic OH excluding ortho intramolecular Hbond substituents is 1. The number of nitro benzene ring substituents is 2. The van der Waals surface area contributed by atoms with Crippen molar-refractivity contribution < 1.29 is 15.0 Å². The summed E-state index contributed by atoms with van der Waals surface area (Å²) in [6.45, 7) is 0. The van der Waals surface area contributed by atoms with E-state index in [9.17, 15) is 20.2 Å². The third-order valence-electron chi connectivity index (χ3n) is 2.74. The van der Waals surface area contributed by atoms with Crippen LogP contribution in [-0.4, -0.2) is 28.2 Å². The van der Waals surface area contributed by atoms with E-state index in [2.05, 4.69) is 5.32 Å². The average molecular weight is 318 g/mol. The lowest BCUT2D eigenvalue weighted by Gasteiger charge is -1.96. The number of phenols is 1. The van der Waals surface area contributed by atoms with Crippen LogP contribution in [0.1, 0.15) is 5.56 Å². The van der Waals surface area contributed by atoms with Crippen molar-refractivity contribution in [3.8, 4) is 5.75 Å². The van der Waals surface area contributed by atoms with Gasteiger partial charge < -0.3 is 15.8 Å². The zero-order valence-corrected chi connectivity index (χ0v) is 12.1. The van der Waals surface area contributed by atoms with Crippen molar-refractivity contribution >= 4 is 23.3 Å². The average Bonchev–Trinajstić information content (AvgIpc) is 2.55. The summed E-state index contributed by atoms with van der Waals surface area (Å²) >= 11 is 0. The first-order chi connectivity index (χ1) is 10.9. The van der Waals surface area contributed by atoms with Gasteiger partial charge in [0.05, 0.1) is 9.85 Å². The molecule has 0 saturated carbocycles. The second-order valence-electron chi connectivity index (χ2n) is 4.20. The van der Waals surface area contributed by atoms with Crippen LogP contribution in [0.4, 0.5) is 17.1 Å². The van der Waals surface area contributed by atoms with Crippen molar-refractivity contribution in [2.75, 3.05) is 12.4 Å². The number of nitrogens with one attached hydrogen (secondary N) is 2. The van der Waals surface area contributed by atoms with Crippen molar-refractivity contribution in [3.63, 3.8) is 0 Å². The molecule has 120 valence electrons. The molecule has 23 heavy (non-hydrogen) atoms. The molecular formula is C14H14N4O5. The van der Waals surface area contributed by atoms with Gasteiger partial charge in [0.2, 0.25) is 0 Å². The Bertz CT molecular complexity index is 716. The third kappa shape index (κ3) is 5.08. The van der Waals surface area contributed by atoms with Gasteiger partial charge in [0, 0.05) is 48.8 Å². The number of rotatable bonds is 4. The lowest BCUT2D eigenvalue weighted by Crippen LogP contribution is -1.89. The molecule has 0 aromatic heterocycles. The predicted octanol–water partition coefficient (Wildman–Crippen LogP) is 2.93. The quantitative estimate of drug-likeness (QED) is 0.449. The van der Waals surface area contributed by atoms with Crippen LogP contribution in [-0.2, 0) is 0 Å². The summed E-state index contributed by atoms with van der Waals surface area (Å²) in [6, 6.07) is 9.77. The number of anilines is 1. The van der Waals surface area contributed by atoms with Gasteiger partial charge in [0.25, 0.3) is 11.4 Å². The van der Waals surface area contributed by atoms with Crippen LogP contribution in [0.25, 0.3) is 0 Å². The van der Waals surface area contributed by atoms with Crippen molar-refractivity contribution in [1.82, 2.24) is 0 Å². The number of non-ortho nitro benzene ring substituents is 2. The Labute approximate surface area is 131 Å². The molecule has 9 heteroatoms. The highest BCUT2D eigenvalue weighted by Gasteiger charge is 2.07. The van der Waals surface area contributed by atoms with Crippen LogP contribution in [0.3, 0.4) is 0 Å². The van der Waals surface area contributed by atoms with Crippen molar-refractivity contribution in [1.29, 1.82) is 5.41 Å². The first kappa shape index (κ1) is 17.6. The second kappa shape index (κ2) is 8.08. The smallest absolute Gasteiger partial charge is 0.270 e. The third-order valence-corrected chi connectivity index (χ3v) is 2.74. The molecule has 0 fully saturated rings. The van der Waals surface area contributed by atoms with E-state index in [1.165, 1.54) is 24.3 Å². The minimum Gasteiger partial charge on any atom is -0.507 e. The lowest BCUT2D eigenvalue weighted by atomic mass is 10.2. The highest BCUT2D eigenvalue weighted by atomic mass is 16.6. The van der Waals surface area contributed by atoms with E-state index in [-0.39, 0.29) is 22.7 Å². The molecule has 0 radical (unpaired) electrons. The number of nitro groups is 2. The molecule has 0 amide bonds. The molecule has 0 unspecified atom stereocenters. The maximum Gasteiger partial charge on any atom is 0.270 e. The molecule has 0 bridgehead atoms. The number of benzene rings is 2. The molecule has 0 spiro atoms. The maximum atomic E-state index is 10.2. The fourth-order valence-corrected chi connectivity index (χ4v) is 1.52. The standard InChI is InChI=1S/C7H6N2O3.C7H8N2O2/c8-4-5-3-6(9(11)12)1-2-7(5)10;1-8-6-2-4-7(5-3-6)9(10)11/h1-4,8,10H;2-5,8H,1H3. The van der Waals surface area contributed by atoms with Gasteiger partial charge in [-0.1, -0.05) is 0 Å². The van der Waals surface area contributed by atoms with Crippen molar-refractivity contribution in [2.45, 2.75) is 0 Å². The topological polar surface area (TPSA) is 142 Å². The molecule has 2 rings (SSSR count). The fraction of sp³-hybridized carbons (Fsp3) is 0.0714. The number of hydrogen-bond donors (Lipinski definition) is 3. The predicted molar refractivity (Wildman–Crippen MR) is 85.3 cm³/mol. The van der Waals surface area contributed by atoms with E-state index < -0.39 is 9.85 Å². The molecule has 3 N–H and O–H groups in total. The van der Waals surface area contributed by atoms with Crippen molar-refractivity contribution in [3.05, 3.63) is 68.3 Å². The number of hydrogen-bond acceptors (Lipinski definition) is 7. The fourth-order valence-electron chi connectivity index (χ4n) is 1.52. The van der Waals surface area contributed by atoms with E-state index in [4.69, 9.17) is 10.5 Å². The summed E-state index contributed by atoms with van der Waals surface area (Å²) in [5.41, 5.74) is 0.995. The summed E-state index contributed by atoms with van der Waals surface area (Å²) < 4.78 is 0. The first-order valence-electron chi connectivity index (χ1n) is 6.29. The van der Waals surface area contributed by atoms with Crippen LogP contribution in [0, 0.1) is 25.6 Å². The van der Waals surface area contributed by atoms with E-state index >= 15 is 0 Å². The summed E-state index contributed by atoms with van der Waals surface area (Å²) in [6.07, 6.45) is 0.863. The van der Waals surface area contributed by atoms with Gasteiger partial charge in [0.1, 0.15) is 5.75 Å². The Morgan fingerprint density at radius 3 is 2.00 bits per heavy atom. The Morgan fingerprint density at radius 2 is 1.57 bits per heavy atom. The van der Waals surface area contributed by atoms with Crippen LogP contribution in [0.15, 0.2) is 42.5 Å². The summed E-state index contributed by atoms with van der Waals surface area (Å²) in [4.78, 5) is 19.4.